The first kappa shape index (κ1) is 15.4. The molecule has 0 fully saturated rings. The molecule has 112 valence electrons. The lowest BCUT2D eigenvalue weighted by Gasteiger charge is -2.23. The maximum absolute atomic E-state index is 5.31. The van der Waals surface area contributed by atoms with E-state index >= 15 is 0 Å². The molecule has 0 aromatic heterocycles. The van der Waals surface area contributed by atoms with Crippen LogP contribution >= 0.6 is 0 Å². The molecule has 2 aromatic carbocycles. The van der Waals surface area contributed by atoms with E-state index in [1.165, 1.54) is 11.3 Å². The number of para-hydroxylation sites is 1. The largest absolute Gasteiger partial charge is 0.497 e. The maximum Gasteiger partial charge on any atom is 0.120 e. The average molecular weight is 284 g/mol. The standard InChI is InChI=1S/C18H24N2O/c1-4-12-19-14-15-8-5-6-11-18(15)20(2)16-9-7-10-17(13-16)21-3/h5-11,13,19H,4,12,14H2,1-3H3. The van der Waals surface area contributed by atoms with Crippen molar-refractivity contribution in [1.29, 1.82) is 0 Å². The van der Waals surface area contributed by atoms with Crippen LogP contribution in [-0.2, 0) is 6.54 Å². The molecule has 0 aliphatic heterocycles. The Labute approximate surface area is 127 Å². The molecule has 0 amide bonds. The molecule has 0 bridgehead atoms. The van der Waals surface area contributed by atoms with E-state index in [0.29, 0.717) is 0 Å². The number of nitrogens with zero attached hydrogens (tertiary/aromatic N) is 1. The highest BCUT2D eigenvalue weighted by atomic mass is 16.5. The van der Waals surface area contributed by atoms with Gasteiger partial charge in [0, 0.05) is 31.0 Å². The van der Waals surface area contributed by atoms with E-state index in [4.69, 9.17) is 4.74 Å². The number of ether oxygens (including phenoxy) is 1. The second kappa shape index (κ2) is 7.70. The Morgan fingerprint density at radius 3 is 2.67 bits per heavy atom. The fraction of sp³-hybridized carbons (Fsp3) is 0.333. The summed E-state index contributed by atoms with van der Waals surface area (Å²) < 4.78 is 5.31. The summed E-state index contributed by atoms with van der Waals surface area (Å²) in [5.74, 6) is 0.876. The van der Waals surface area contributed by atoms with E-state index in [1.54, 1.807) is 7.11 Å². The molecule has 3 heteroatoms. The van der Waals surface area contributed by atoms with Crippen LogP contribution in [0.25, 0.3) is 0 Å². The minimum atomic E-state index is 0.876. The van der Waals surface area contributed by atoms with Gasteiger partial charge in [0.2, 0.25) is 0 Å². The van der Waals surface area contributed by atoms with Crippen molar-refractivity contribution in [2.24, 2.45) is 0 Å². The van der Waals surface area contributed by atoms with Gasteiger partial charge in [0.05, 0.1) is 7.11 Å². The van der Waals surface area contributed by atoms with Gasteiger partial charge in [0.1, 0.15) is 5.75 Å². The molecule has 0 unspecified atom stereocenters. The molecule has 0 heterocycles. The Kier molecular flexibility index (Phi) is 5.64. The number of anilines is 2. The van der Waals surface area contributed by atoms with E-state index < -0.39 is 0 Å². The van der Waals surface area contributed by atoms with E-state index in [-0.39, 0.29) is 0 Å². The maximum atomic E-state index is 5.31. The summed E-state index contributed by atoms with van der Waals surface area (Å²) in [6, 6.07) is 16.6. The molecular weight excluding hydrogens is 260 g/mol. The SMILES string of the molecule is CCCNCc1ccccc1N(C)c1cccc(OC)c1. The van der Waals surface area contributed by atoms with Crippen molar-refractivity contribution >= 4 is 11.4 Å². The van der Waals surface area contributed by atoms with Crippen LogP contribution < -0.4 is 15.0 Å². The molecule has 21 heavy (non-hydrogen) atoms. The zero-order valence-electron chi connectivity index (χ0n) is 13.1. The Morgan fingerprint density at radius 2 is 1.90 bits per heavy atom. The first-order valence-corrected chi connectivity index (χ1v) is 7.42. The monoisotopic (exact) mass is 284 g/mol. The van der Waals surface area contributed by atoms with Crippen molar-refractivity contribution in [2.45, 2.75) is 19.9 Å². The minimum Gasteiger partial charge on any atom is -0.497 e. The van der Waals surface area contributed by atoms with Crippen molar-refractivity contribution < 1.29 is 4.74 Å². The third kappa shape index (κ3) is 3.99. The van der Waals surface area contributed by atoms with Gasteiger partial charge in [-0.2, -0.15) is 0 Å². The van der Waals surface area contributed by atoms with Gasteiger partial charge in [0.15, 0.2) is 0 Å². The van der Waals surface area contributed by atoms with Crippen LogP contribution in [0.2, 0.25) is 0 Å². The Balaban J connectivity index is 2.23. The van der Waals surface area contributed by atoms with Crippen molar-refractivity contribution in [3.8, 4) is 5.75 Å². The first-order chi connectivity index (χ1) is 10.3. The van der Waals surface area contributed by atoms with Crippen LogP contribution in [0.3, 0.4) is 0 Å². The Bertz CT molecular complexity index is 569. The predicted molar refractivity (Wildman–Crippen MR) is 89.5 cm³/mol. The van der Waals surface area contributed by atoms with Gasteiger partial charge >= 0.3 is 0 Å². The molecule has 0 radical (unpaired) electrons. The second-order valence-corrected chi connectivity index (χ2v) is 5.07. The number of hydrogen-bond acceptors (Lipinski definition) is 3. The Hall–Kier alpha value is -2.00. The average Bonchev–Trinajstić information content (AvgIpc) is 2.55. The molecule has 0 spiro atoms. The highest BCUT2D eigenvalue weighted by Crippen LogP contribution is 2.29. The Morgan fingerprint density at radius 1 is 1.10 bits per heavy atom. The second-order valence-electron chi connectivity index (χ2n) is 5.07. The lowest BCUT2D eigenvalue weighted by atomic mass is 10.1. The van der Waals surface area contributed by atoms with Crippen molar-refractivity contribution in [3.63, 3.8) is 0 Å². The lowest BCUT2D eigenvalue weighted by molar-refractivity contribution is 0.415. The summed E-state index contributed by atoms with van der Waals surface area (Å²) in [5.41, 5.74) is 3.64. The predicted octanol–water partition coefficient (Wildman–Crippen LogP) is 3.96. The molecule has 0 saturated heterocycles. The van der Waals surface area contributed by atoms with Crippen LogP contribution in [-0.4, -0.2) is 20.7 Å². The molecule has 0 aliphatic carbocycles. The summed E-state index contributed by atoms with van der Waals surface area (Å²) in [6.45, 7) is 4.11. The van der Waals surface area contributed by atoms with Crippen LogP contribution in [0, 0.1) is 0 Å². The van der Waals surface area contributed by atoms with Crippen molar-refractivity contribution in [3.05, 3.63) is 54.1 Å². The molecule has 1 N–H and O–H groups in total. The molecule has 3 nitrogen and oxygen atoms in total. The van der Waals surface area contributed by atoms with Crippen molar-refractivity contribution in [2.75, 3.05) is 25.6 Å². The molecular formula is C18H24N2O. The van der Waals surface area contributed by atoms with Crippen LogP contribution in [0.4, 0.5) is 11.4 Å². The lowest BCUT2D eigenvalue weighted by Crippen LogP contribution is -2.18. The number of methoxy groups -OCH3 is 1. The molecule has 2 aromatic rings. The van der Waals surface area contributed by atoms with Gasteiger partial charge < -0.3 is 15.0 Å². The topological polar surface area (TPSA) is 24.5 Å². The molecule has 0 aliphatic rings. The summed E-state index contributed by atoms with van der Waals surface area (Å²) >= 11 is 0. The molecule has 2 rings (SSSR count). The first-order valence-electron chi connectivity index (χ1n) is 7.42. The number of benzene rings is 2. The minimum absolute atomic E-state index is 0.876. The summed E-state index contributed by atoms with van der Waals surface area (Å²) in [6.07, 6.45) is 1.15. The summed E-state index contributed by atoms with van der Waals surface area (Å²) in [7, 11) is 3.79. The fourth-order valence-corrected chi connectivity index (χ4v) is 2.35. The van der Waals surface area contributed by atoms with Crippen LogP contribution in [0.5, 0.6) is 5.75 Å². The highest BCUT2D eigenvalue weighted by Gasteiger charge is 2.09. The van der Waals surface area contributed by atoms with Gasteiger partial charge in [-0.1, -0.05) is 31.2 Å². The van der Waals surface area contributed by atoms with Gasteiger partial charge in [-0.3, -0.25) is 0 Å². The van der Waals surface area contributed by atoms with E-state index in [9.17, 15) is 0 Å². The van der Waals surface area contributed by atoms with Crippen molar-refractivity contribution in [1.82, 2.24) is 5.32 Å². The normalized spacial score (nSPS) is 10.4. The highest BCUT2D eigenvalue weighted by molar-refractivity contribution is 5.66. The number of rotatable bonds is 7. The molecule has 0 atom stereocenters. The zero-order valence-corrected chi connectivity index (χ0v) is 13.1. The molecule has 0 saturated carbocycles. The van der Waals surface area contributed by atoms with E-state index in [0.717, 1.165) is 30.9 Å². The van der Waals surface area contributed by atoms with Gasteiger partial charge in [-0.05, 0) is 36.7 Å². The zero-order chi connectivity index (χ0) is 15.1. The van der Waals surface area contributed by atoms with E-state index in [1.807, 2.05) is 12.1 Å². The third-order valence-electron chi connectivity index (χ3n) is 3.54. The number of hydrogen-bond donors (Lipinski definition) is 1. The smallest absolute Gasteiger partial charge is 0.120 e. The van der Waals surface area contributed by atoms with Gasteiger partial charge in [-0.15, -0.1) is 0 Å². The quantitative estimate of drug-likeness (QED) is 0.779. The van der Waals surface area contributed by atoms with E-state index in [2.05, 4.69) is 60.6 Å². The summed E-state index contributed by atoms with van der Waals surface area (Å²) in [5, 5.41) is 3.47. The van der Waals surface area contributed by atoms with Crippen LogP contribution in [0.1, 0.15) is 18.9 Å². The fourth-order valence-electron chi connectivity index (χ4n) is 2.35. The summed E-state index contributed by atoms with van der Waals surface area (Å²) in [4.78, 5) is 2.20. The number of nitrogens with one attached hydrogen (secondary N) is 1. The van der Waals surface area contributed by atoms with Crippen LogP contribution in [0.15, 0.2) is 48.5 Å². The van der Waals surface area contributed by atoms with Gasteiger partial charge in [0.25, 0.3) is 0 Å². The van der Waals surface area contributed by atoms with Gasteiger partial charge in [-0.25, -0.2) is 0 Å². The third-order valence-corrected chi connectivity index (χ3v) is 3.54.